The molecule has 0 bridgehead atoms. The van der Waals surface area contributed by atoms with Crippen LogP contribution in [-0.2, 0) is 7.05 Å². The summed E-state index contributed by atoms with van der Waals surface area (Å²) >= 11 is 0. The van der Waals surface area contributed by atoms with Crippen LogP contribution in [0.2, 0.25) is 0 Å². The minimum absolute atomic E-state index is 0.218. The molecule has 5 heteroatoms. The normalized spacial score (nSPS) is 9.60. The van der Waals surface area contributed by atoms with Gasteiger partial charge in [-0.15, -0.1) is 12.3 Å². The maximum Gasteiger partial charge on any atom is 0.271 e. The van der Waals surface area contributed by atoms with Gasteiger partial charge < -0.3 is 11.1 Å². The Bertz CT molecular complexity index is 369. The molecule has 0 saturated carbocycles. The lowest BCUT2D eigenvalue weighted by Gasteiger charge is -2.04. The van der Waals surface area contributed by atoms with E-state index < -0.39 is 0 Å². The van der Waals surface area contributed by atoms with Gasteiger partial charge in [-0.1, -0.05) is 0 Å². The van der Waals surface area contributed by atoms with Gasteiger partial charge in [-0.2, -0.15) is 5.10 Å². The minimum atomic E-state index is -0.218. The number of unbranched alkanes of at least 4 members (excludes halogenated alkanes) is 1. The van der Waals surface area contributed by atoms with Crippen molar-refractivity contribution in [3.63, 3.8) is 0 Å². The van der Waals surface area contributed by atoms with Gasteiger partial charge in [0, 0.05) is 20.0 Å². The molecule has 0 saturated heterocycles. The van der Waals surface area contributed by atoms with Gasteiger partial charge in [-0.05, 0) is 6.42 Å². The second kappa shape index (κ2) is 5.05. The average molecular weight is 206 g/mol. The smallest absolute Gasteiger partial charge is 0.271 e. The number of aromatic nitrogens is 2. The first-order valence-corrected chi connectivity index (χ1v) is 4.66. The first kappa shape index (κ1) is 11.1. The molecule has 1 heterocycles. The largest absolute Gasteiger partial charge is 0.396 e. The van der Waals surface area contributed by atoms with Crippen molar-refractivity contribution < 1.29 is 4.79 Å². The molecular formula is C10H14N4O. The quantitative estimate of drug-likeness (QED) is 0.544. The van der Waals surface area contributed by atoms with Crippen LogP contribution in [-0.4, -0.2) is 22.2 Å². The van der Waals surface area contributed by atoms with Crippen LogP contribution in [0.5, 0.6) is 0 Å². The molecule has 1 aromatic heterocycles. The number of terminal acetylenes is 1. The summed E-state index contributed by atoms with van der Waals surface area (Å²) in [6.45, 7) is 0.549. The van der Waals surface area contributed by atoms with Crippen LogP contribution < -0.4 is 11.1 Å². The van der Waals surface area contributed by atoms with E-state index in [0.717, 1.165) is 6.42 Å². The lowest BCUT2D eigenvalue weighted by atomic mass is 10.3. The highest BCUT2D eigenvalue weighted by Crippen LogP contribution is 2.08. The van der Waals surface area contributed by atoms with Gasteiger partial charge in [0.2, 0.25) is 0 Å². The van der Waals surface area contributed by atoms with Crippen LogP contribution in [0.25, 0.3) is 0 Å². The van der Waals surface area contributed by atoms with Crippen molar-refractivity contribution >= 4 is 11.6 Å². The maximum absolute atomic E-state index is 11.6. The Labute approximate surface area is 88.6 Å². The number of hydrogen-bond acceptors (Lipinski definition) is 3. The zero-order chi connectivity index (χ0) is 11.3. The van der Waals surface area contributed by atoms with Crippen molar-refractivity contribution in [2.24, 2.45) is 7.05 Å². The van der Waals surface area contributed by atoms with Crippen molar-refractivity contribution in [2.75, 3.05) is 12.3 Å². The third-order valence-corrected chi connectivity index (χ3v) is 1.97. The van der Waals surface area contributed by atoms with E-state index in [0.29, 0.717) is 24.3 Å². The van der Waals surface area contributed by atoms with Crippen molar-refractivity contribution in [3.8, 4) is 12.3 Å². The number of amides is 1. The molecular weight excluding hydrogens is 192 g/mol. The first-order valence-electron chi connectivity index (χ1n) is 4.66. The Morgan fingerprint density at radius 3 is 3.07 bits per heavy atom. The second-order valence-corrected chi connectivity index (χ2v) is 3.14. The minimum Gasteiger partial charge on any atom is -0.396 e. The molecule has 0 aliphatic heterocycles. The summed E-state index contributed by atoms with van der Waals surface area (Å²) in [6, 6.07) is 0. The standard InChI is InChI=1S/C10H14N4O/c1-3-4-5-6-12-10(15)9-8(11)7-13-14(9)2/h1,7H,4-6,11H2,2H3,(H,12,15). The predicted molar refractivity (Wildman–Crippen MR) is 58.0 cm³/mol. The molecule has 5 nitrogen and oxygen atoms in total. The summed E-state index contributed by atoms with van der Waals surface area (Å²) in [4.78, 5) is 11.6. The number of nitrogens with one attached hydrogen (secondary N) is 1. The van der Waals surface area contributed by atoms with Crippen LogP contribution in [0.4, 0.5) is 5.69 Å². The summed E-state index contributed by atoms with van der Waals surface area (Å²) in [5, 5.41) is 6.61. The molecule has 0 spiro atoms. The summed E-state index contributed by atoms with van der Waals surface area (Å²) in [5.41, 5.74) is 6.36. The Morgan fingerprint density at radius 2 is 2.53 bits per heavy atom. The maximum atomic E-state index is 11.6. The van der Waals surface area contributed by atoms with Crippen LogP contribution in [0.1, 0.15) is 23.3 Å². The highest BCUT2D eigenvalue weighted by atomic mass is 16.2. The molecule has 1 rings (SSSR count). The van der Waals surface area contributed by atoms with Crippen molar-refractivity contribution in [1.82, 2.24) is 15.1 Å². The van der Waals surface area contributed by atoms with Crippen molar-refractivity contribution in [3.05, 3.63) is 11.9 Å². The summed E-state index contributed by atoms with van der Waals surface area (Å²) in [7, 11) is 1.67. The van der Waals surface area contributed by atoms with Crippen LogP contribution in [0, 0.1) is 12.3 Å². The van der Waals surface area contributed by atoms with E-state index in [4.69, 9.17) is 12.2 Å². The van der Waals surface area contributed by atoms with E-state index in [1.165, 1.54) is 10.9 Å². The Kier molecular flexibility index (Phi) is 3.75. The van der Waals surface area contributed by atoms with Gasteiger partial charge in [-0.25, -0.2) is 0 Å². The number of nitrogen functional groups attached to an aromatic ring is 1. The molecule has 0 aliphatic carbocycles. The lowest BCUT2D eigenvalue weighted by Crippen LogP contribution is -2.27. The molecule has 0 unspecified atom stereocenters. The van der Waals surface area contributed by atoms with Gasteiger partial charge in [0.1, 0.15) is 5.69 Å². The van der Waals surface area contributed by atoms with E-state index in [1.54, 1.807) is 7.05 Å². The molecule has 0 radical (unpaired) electrons. The van der Waals surface area contributed by atoms with Gasteiger partial charge in [0.25, 0.3) is 5.91 Å². The van der Waals surface area contributed by atoms with Crippen LogP contribution in [0.3, 0.4) is 0 Å². The molecule has 3 N–H and O–H groups in total. The predicted octanol–water partition coefficient (Wildman–Crippen LogP) is 0.145. The van der Waals surface area contributed by atoms with Crippen molar-refractivity contribution in [2.45, 2.75) is 12.8 Å². The zero-order valence-electron chi connectivity index (χ0n) is 8.66. The number of nitrogens with zero attached hydrogens (tertiary/aromatic N) is 2. The van der Waals surface area contributed by atoms with E-state index >= 15 is 0 Å². The zero-order valence-corrected chi connectivity index (χ0v) is 8.66. The highest BCUT2D eigenvalue weighted by Gasteiger charge is 2.13. The number of aryl methyl sites for hydroxylation is 1. The molecule has 1 amide bonds. The number of carbonyl (C=O) groups is 1. The fourth-order valence-electron chi connectivity index (χ4n) is 1.21. The number of anilines is 1. The SMILES string of the molecule is C#CCCCNC(=O)c1c(N)cnn1C. The van der Waals surface area contributed by atoms with Crippen LogP contribution >= 0.6 is 0 Å². The summed E-state index contributed by atoms with van der Waals surface area (Å²) in [5.74, 6) is 2.29. The van der Waals surface area contributed by atoms with E-state index in [9.17, 15) is 4.79 Å². The molecule has 80 valence electrons. The van der Waals surface area contributed by atoms with E-state index in [2.05, 4.69) is 16.3 Å². The van der Waals surface area contributed by atoms with E-state index in [1.807, 2.05) is 0 Å². The number of rotatable bonds is 4. The second-order valence-electron chi connectivity index (χ2n) is 3.14. The lowest BCUT2D eigenvalue weighted by molar-refractivity contribution is 0.0945. The van der Waals surface area contributed by atoms with Gasteiger partial charge in [0.15, 0.2) is 0 Å². The molecule has 1 aromatic rings. The number of carbonyl (C=O) groups excluding carboxylic acids is 1. The van der Waals surface area contributed by atoms with Gasteiger partial charge in [0.05, 0.1) is 11.9 Å². The third kappa shape index (κ3) is 2.74. The fourth-order valence-corrected chi connectivity index (χ4v) is 1.21. The highest BCUT2D eigenvalue weighted by molar-refractivity contribution is 5.97. The van der Waals surface area contributed by atoms with Gasteiger partial charge in [-0.3, -0.25) is 9.48 Å². The first-order chi connectivity index (χ1) is 7.16. The number of hydrogen-bond donors (Lipinski definition) is 2. The van der Waals surface area contributed by atoms with Crippen LogP contribution in [0.15, 0.2) is 6.20 Å². The average Bonchev–Trinajstić information content (AvgIpc) is 2.53. The Hall–Kier alpha value is -1.96. The molecule has 0 atom stereocenters. The summed E-state index contributed by atoms with van der Waals surface area (Å²) < 4.78 is 1.45. The third-order valence-electron chi connectivity index (χ3n) is 1.97. The van der Waals surface area contributed by atoms with Crippen molar-refractivity contribution in [1.29, 1.82) is 0 Å². The molecule has 0 aliphatic rings. The monoisotopic (exact) mass is 206 g/mol. The van der Waals surface area contributed by atoms with E-state index in [-0.39, 0.29) is 5.91 Å². The molecule has 0 fully saturated rings. The fraction of sp³-hybridized carbons (Fsp3) is 0.400. The number of nitrogens with two attached hydrogens (primary N) is 1. The topological polar surface area (TPSA) is 72.9 Å². The molecule has 0 aromatic carbocycles. The Morgan fingerprint density at radius 1 is 1.80 bits per heavy atom. The molecule has 15 heavy (non-hydrogen) atoms. The van der Waals surface area contributed by atoms with Gasteiger partial charge >= 0.3 is 0 Å². The Balaban J connectivity index is 2.51. The summed E-state index contributed by atoms with van der Waals surface area (Å²) in [6.07, 6.45) is 7.96.